The molecule has 0 spiro atoms. The monoisotopic (exact) mass is 289 g/mol. The van der Waals surface area contributed by atoms with E-state index >= 15 is 0 Å². The minimum absolute atomic E-state index is 0.370. The average Bonchev–Trinajstić information content (AvgIpc) is 3.03. The van der Waals surface area contributed by atoms with E-state index in [-0.39, 0.29) is 0 Å². The van der Waals surface area contributed by atoms with Gasteiger partial charge in [-0.2, -0.15) is 5.10 Å². The molecule has 0 saturated heterocycles. The van der Waals surface area contributed by atoms with E-state index in [9.17, 15) is 8.78 Å². The van der Waals surface area contributed by atoms with Gasteiger partial charge >= 0.3 is 0 Å². The smallest absolute Gasteiger partial charge is 0.152 e. The van der Waals surface area contributed by atoms with E-state index in [0.29, 0.717) is 18.0 Å². The van der Waals surface area contributed by atoms with Gasteiger partial charge < -0.3 is 9.73 Å². The number of benzene rings is 1. The van der Waals surface area contributed by atoms with Crippen LogP contribution in [0, 0.1) is 18.6 Å². The Labute approximate surface area is 119 Å². The van der Waals surface area contributed by atoms with Crippen LogP contribution in [0.1, 0.15) is 11.3 Å². The van der Waals surface area contributed by atoms with Crippen LogP contribution in [0.15, 0.2) is 40.9 Å². The largest absolute Gasteiger partial charge is 0.460 e. The number of nitrogens with one attached hydrogen (secondary N) is 2. The Bertz CT molecular complexity index is 744. The molecule has 0 aliphatic heterocycles. The van der Waals surface area contributed by atoms with Gasteiger partial charge in [0.25, 0.3) is 0 Å². The van der Waals surface area contributed by atoms with E-state index in [1.54, 1.807) is 6.20 Å². The summed E-state index contributed by atoms with van der Waals surface area (Å²) in [5.41, 5.74) is 1.96. The van der Waals surface area contributed by atoms with Crippen LogP contribution in [0.5, 0.6) is 0 Å². The molecule has 108 valence electrons. The predicted molar refractivity (Wildman–Crippen MR) is 74.7 cm³/mol. The third kappa shape index (κ3) is 2.94. The zero-order valence-electron chi connectivity index (χ0n) is 11.3. The Balaban J connectivity index is 1.78. The van der Waals surface area contributed by atoms with Crippen LogP contribution in [0.2, 0.25) is 0 Å². The van der Waals surface area contributed by atoms with Crippen LogP contribution in [0.4, 0.5) is 14.5 Å². The first-order valence-electron chi connectivity index (χ1n) is 6.41. The van der Waals surface area contributed by atoms with Gasteiger partial charge in [0.2, 0.25) is 0 Å². The number of hydrogen-bond donors (Lipinski definition) is 2. The van der Waals surface area contributed by atoms with Crippen molar-refractivity contribution < 1.29 is 13.2 Å². The van der Waals surface area contributed by atoms with E-state index in [1.807, 2.05) is 19.1 Å². The van der Waals surface area contributed by atoms with Crippen molar-refractivity contribution in [2.45, 2.75) is 13.5 Å². The number of anilines is 1. The van der Waals surface area contributed by atoms with Gasteiger partial charge in [0.1, 0.15) is 23.1 Å². The van der Waals surface area contributed by atoms with Gasteiger partial charge in [0.05, 0.1) is 6.20 Å². The van der Waals surface area contributed by atoms with E-state index in [0.717, 1.165) is 23.1 Å². The second-order valence-electron chi connectivity index (χ2n) is 4.69. The number of aromatic nitrogens is 2. The van der Waals surface area contributed by atoms with Gasteiger partial charge in [-0.15, -0.1) is 0 Å². The molecule has 0 aliphatic carbocycles. The summed E-state index contributed by atoms with van der Waals surface area (Å²) in [6.07, 6.45) is 1.65. The number of hydrogen-bond acceptors (Lipinski definition) is 3. The molecule has 21 heavy (non-hydrogen) atoms. The Hall–Kier alpha value is -2.63. The lowest BCUT2D eigenvalue weighted by molar-refractivity contribution is 0.545. The summed E-state index contributed by atoms with van der Waals surface area (Å²) in [4.78, 5) is 0. The van der Waals surface area contributed by atoms with Crippen molar-refractivity contribution in [1.82, 2.24) is 10.2 Å². The molecule has 0 amide bonds. The summed E-state index contributed by atoms with van der Waals surface area (Å²) in [5.74, 6) is 0.232. The number of aromatic amines is 1. The summed E-state index contributed by atoms with van der Waals surface area (Å²) < 4.78 is 31.8. The normalized spacial score (nSPS) is 10.8. The lowest BCUT2D eigenvalue weighted by Gasteiger charge is -2.06. The SMILES string of the molecule is Cc1ccc(-c2[nH]ncc2CNc2cc(F)cc(F)c2)o1. The molecule has 1 aromatic carbocycles. The fourth-order valence-corrected chi connectivity index (χ4v) is 2.08. The zero-order chi connectivity index (χ0) is 14.8. The summed E-state index contributed by atoms with van der Waals surface area (Å²) in [6.45, 7) is 2.22. The molecule has 4 nitrogen and oxygen atoms in total. The van der Waals surface area contributed by atoms with Crippen molar-refractivity contribution in [2.24, 2.45) is 0 Å². The molecule has 3 aromatic rings. The molecule has 3 rings (SSSR count). The summed E-state index contributed by atoms with van der Waals surface area (Å²) in [6, 6.07) is 7.00. The third-order valence-electron chi connectivity index (χ3n) is 3.05. The van der Waals surface area contributed by atoms with Crippen molar-refractivity contribution in [3.05, 3.63) is 59.5 Å². The molecule has 0 atom stereocenters. The third-order valence-corrected chi connectivity index (χ3v) is 3.05. The number of furan rings is 1. The maximum absolute atomic E-state index is 13.1. The number of nitrogens with zero attached hydrogens (tertiary/aromatic N) is 1. The first-order chi connectivity index (χ1) is 10.1. The minimum atomic E-state index is -0.619. The average molecular weight is 289 g/mol. The molecule has 2 N–H and O–H groups in total. The summed E-state index contributed by atoms with van der Waals surface area (Å²) in [5, 5.41) is 9.81. The maximum Gasteiger partial charge on any atom is 0.152 e. The molecule has 0 saturated carbocycles. The molecular weight excluding hydrogens is 276 g/mol. The highest BCUT2D eigenvalue weighted by molar-refractivity contribution is 5.58. The minimum Gasteiger partial charge on any atom is -0.460 e. The molecule has 0 fully saturated rings. The van der Waals surface area contributed by atoms with Crippen LogP contribution in [-0.4, -0.2) is 10.2 Å². The highest BCUT2D eigenvalue weighted by atomic mass is 19.1. The number of halogens is 2. The van der Waals surface area contributed by atoms with Crippen molar-refractivity contribution in [3.8, 4) is 11.5 Å². The van der Waals surface area contributed by atoms with Crippen molar-refractivity contribution in [1.29, 1.82) is 0 Å². The molecule has 0 unspecified atom stereocenters. The number of H-pyrrole nitrogens is 1. The lowest BCUT2D eigenvalue weighted by Crippen LogP contribution is -2.00. The second kappa shape index (κ2) is 5.40. The van der Waals surface area contributed by atoms with Crippen LogP contribution in [0.25, 0.3) is 11.5 Å². The van der Waals surface area contributed by atoms with Crippen LogP contribution in [-0.2, 0) is 6.54 Å². The van der Waals surface area contributed by atoms with Gasteiger partial charge in [0.15, 0.2) is 5.76 Å². The van der Waals surface area contributed by atoms with E-state index in [4.69, 9.17) is 4.42 Å². The summed E-state index contributed by atoms with van der Waals surface area (Å²) >= 11 is 0. The van der Waals surface area contributed by atoms with Crippen LogP contribution < -0.4 is 5.32 Å². The van der Waals surface area contributed by atoms with Gasteiger partial charge in [-0.1, -0.05) is 0 Å². The fraction of sp³-hybridized carbons (Fsp3) is 0.133. The Morgan fingerprint density at radius 1 is 1.19 bits per heavy atom. The van der Waals surface area contributed by atoms with Crippen molar-refractivity contribution >= 4 is 5.69 Å². The van der Waals surface area contributed by atoms with Crippen molar-refractivity contribution in [3.63, 3.8) is 0 Å². The van der Waals surface area contributed by atoms with E-state index in [1.165, 1.54) is 12.1 Å². The fourth-order valence-electron chi connectivity index (χ4n) is 2.08. The molecule has 0 bridgehead atoms. The van der Waals surface area contributed by atoms with Crippen LogP contribution >= 0.6 is 0 Å². The Kier molecular flexibility index (Phi) is 3.43. The number of rotatable bonds is 4. The lowest BCUT2D eigenvalue weighted by atomic mass is 10.2. The highest BCUT2D eigenvalue weighted by Gasteiger charge is 2.11. The highest BCUT2D eigenvalue weighted by Crippen LogP contribution is 2.24. The quantitative estimate of drug-likeness (QED) is 0.766. The molecular formula is C15H13F2N3O. The van der Waals surface area contributed by atoms with Gasteiger partial charge in [-0.25, -0.2) is 8.78 Å². The predicted octanol–water partition coefficient (Wildman–Crippen LogP) is 3.87. The number of aryl methyl sites for hydroxylation is 1. The maximum atomic E-state index is 13.1. The van der Waals surface area contributed by atoms with Gasteiger partial charge in [0, 0.05) is 23.9 Å². The van der Waals surface area contributed by atoms with Gasteiger partial charge in [-0.3, -0.25) is 5.10 Å². The van der Waals surface area contributed by atoms with Gasteiger partial charge in [-0.05, 0) is 31.2 Å². The molecule has 6 heteroatoms. The van der Waals surface area contributed by atoms with E-state index < -0.39 is 11.6 Å². The summed E-state index contributed by atoms with van der Waals surface area (Å²) in [7, 11) is 0. The Morgan fingerprint density at radius 3 is 2.62 bits per heavy atom. The molecule has 0 aliphatic rings. The second-order valence-corrected chi connectivity index (χ2v) is 4.69. The van der Waals surface area contributed by atoms with Crippen LogP contribution in [0.3, 0.4) is 0 Å². The van der Waals surface area contributed by atoms with E-state index in [2.05, 4.69) is 15.5 Å². The Morgan fingerprint density at radius 2 is 1.95 bits per heavy atom. The first-order valence-corrected chi connectivity index (χ1v) is 6.41. The zero-order valence-corrected chi connectivity index (χ0v) is 11.3. The molecule has 2 aromatic heterocycles. The first kappa shape index (κ1) is 13.4. The standard InChI is InChI=1S/C15H13F2N3O/c1-9-2-3-14(21-9)15-10(8-19-20-15)7-18-13-5-11(16)4-12(17)6-13/h2-6,8,18H,7H2,1H3,(H,19,20). The van der Waals surface area contributed by atoms with Crippen molar-refractivity contribution in [2.75, 3.05) is 5.32 Å². The molecule has 0 radical (unpaired) electrons. The topological polar surface area (TPSA) is 53.9 Å². The molecule has 2 heterocycles.